The number of rotatable bonds is 9. The van der Waals surface area contributed by atoms with E-state index in [1.807, 2.05) is 42.0 Å². The van der Waals surface area contributed by atoms with Gasteiger partial charge in [0.15, 0.2) is 0 Å². The Morgan fingerprint density at radius 2 is 1.79 bits per heavy atom. The molecule has 0 aliphatic carbocycles. The average Bonchev–Trinajstić information content (AvgIpc) is 3.55. The Balaban J connectivity index is 1.41. The van der Waals surface area contributed by atoms with E-state index in [0.717, 1.165) is 11.1 Å². The third-order valence-electron chi connectivity index (χ3n) is 6.72. The van der Waals surface area contributed by atoms with Gasteiger partial charge in [-0.2, -0.15) is 0 Å². The first kappa shape index (κ1) is 25.9. The standard InChI is InChI=1S/C31H28FN3O4/c1-21-4-2-5-22(18-21)19-39-26-12-8-24(9-13-26)29(36)27-28(23-6-10-25(32)11-7-23)35(31(38)30(27)37)16-3-15-34-17-14-33-20-34/h2,4-14,17-18,20,28,36H,3,15-16,19H2,1H3. The molecule has 1 amide bonds. The maximum Gasteiger partial charge on any atom is 0.295 e. The summed E-state index contributed by atoms with van der Waals surface area (Å²) in [5.41, 5.74) is 3.07. The molecule has 0 bridgehead atoms. The SMILES string of the molecule is Cc1cccc(COc2ccc(C(O)=C3C(=O)C(=O)N(CCCn4ccnc4)C3c3ccc(F)cc3)cc2)c1. The molecule has 7 nitrogen and oxygen atoms in total. The highest BCUT2D eigenvalue weighted by Gasteiger charge is 2.45. The summed E-state index contributed by atoms with van der Waals surface area (Å²) >= 11 is 0. The van der Waals surface area contributed by atoms with Crippen LogP contribution in [0, 0.1) is 12.7 Å². The number of aliphatic hydroxyl groups excluding tert-OH is 1. The average molecular weight is 526 g/mol. The zero-order chi connectivity index (χ0) is 27.4. The van der Waals surface area contributed by atoms with Crippen molar-refractivity contribution in [1.82, 2.24) is 14.5 Å². The van der Waals surface area contributed by atoms with Gasteiger partial charge in [-0.05, 0) is 60.9 Å². The van der Waals surface area contributed by atoms with E-state index in [1.165, 1.54) is 29.2 Å². The van der Waals surface area contributed by atoms with Crippen LogP contribution in [0.25, 0.3) is 5.76 Å². The summed E-state index contributed by atoms with van der Waals surface area (Å²) in [6, 6.07) is 19.5. The van der Waals surface area contributed by atoms with E-state index in [0.29, 0.717) is 36.4 Å². The topological polar surface area (TPSA) is 84.7 Å². The number of hydrogen-bond donors (Lipinski definition) is 1. The van der Waals surface area contributed by atoms with Crippen LogP contribution in [0.1, 0.15) is 34.7 Å². The van der Waals surface area contributed by atoms with E-state index >= 15 is 0 Å². The molecule has 1 unspecified atom stereocenters. The number of carbonyl (C=O) groups excluding carboxylic acids is 2. The molecule has 1 N–H and O–H groups in total. The van der Waals surface area contributed by atoms with Crippen LogP contribution in [0.2, 0.25) is 0 Å². The Bertz CT molecular complexity index is 1500. The molecule has 0 saturated carbocycles. The second kappa shape index (κ2) is 11.3. The van der Waals surface area contributed by atoms with Gasteiger partial charge in [0.05, 0.1) is 17.9 Å². The fourth-order valence-electron chi connectivity index (χ4n) is 4.78. The van der Waals surface area contributed by atoms with Crippen molar-refractivity contribution in [2.24, 2.45) is 0 Å². The van der Waals surface area contributed by atoms with Gasteiger partial charge in [-0.3, -0.25) is 9.59 Å². The van der Waals surface area contributed by atoms with Crippen molar-refractivity contribution in [2.45, 2.75) is 32.5 Å². The number of Topliss-reactive ketones (excluding diaryl/α,β-unsaturated/α-hetero) is 1. The molecule has 1 fully saturated rings. The fourth-order valence-corrected chi connectivity index (χ4v) is 4.78. The predicted octanol–water partition coefficient (Wildman–Crippen LogP) is 5.42. The maximum atomic E-state index is 13.7. The number of aliphatic hydroxyl groups is 1. The van der Waals surface area contributed by atoms with Gasteiger partial charge in [0.1, 0.15) is 23.9 Å². The first-order valence-corrected chi connectivity index (χ1v) is 12.7. The first-order chi connectivity index (χ1) is 18.9. The summed E-state index contributed by atoms with van der Waals surface area (Å²) in [5.74, 6) is -1.59. The van der Waals surface area contributed by atoms with Crippen LogP contribution >= 0.6 is 0 Å². The highest BCUT2D eigenvalue weighted by atomic mass is 19.1. The number of ketones is 1. The molecular weight excluding hydrogens is 497 g/mol. The van der Waals surface area contributed by atoms with E-state index in [1.54, 1.807) is 36.8 Å². The first-order valence-electron chi connectivity index (χ1n) is 12.7. The number of halogens is 1. The normalized spacial score (nSPS) is 16.6. The lowest BCUT2D eigenvalue weighted by Gasteiger charge is -2.25. The summed E-state index contributed by atoms with van der Waals surface area (Å²) < 4.78 is 21.5. The zero-order valence-corrected chi connectivity index (χ0v) is 21.5. The van der Waals surface area contributed by atoms with Crippen molar-refractivity contribution >= 4 is 17.4 Å². The fraction of sp³-hybridized carbons (Fsp3) is 0.194. The minimum Gasteiger partial charge on any atom is -0.507 e. The lowest BCUT2D eigenvalue weighted by Crippen LogP contribution is -2.31. The molecule has 0 radical (unpaired) electrons. The Kier molecular flexibility index (Phi) is 7.54. The van der Waals surface area contributed by atoms with Gasteiger partial charge in [-0.15, -0.1) is 0 Å². The molecule has 5 rings (SSSR count). The highest BCUT2D eigenvalue weighted by molar-refractivity contribution is 6.46. The lowest BCUT2D eigenvalue weighted by atomic mass is 9.95. The summed E-state index contributed by atoms with van der Waals surface area (Å²) in [5, 5.41) is 11.3. The molecule has 198 valence electrons. The summed E-state index contributed by atoms with van der Waals surface area (Å²) in [7, 11) is 0. The van der Waals surface area contributed by atoms with Crippen LogP contribution < -0.4 is 4.74 Å². The van der Waals surface area contributed by atoms with Crippen molar-refractivity contribution in [3.05, 3.63) is 125 Å². The van der Waals surface area contributed by atoms with Crippen LogP contribution in [0.5, 0.6) is 5.75 Å². The van der Waals surface area contributed by atoms with E-state index in [9.17, 15) is 19.1 Å². The molecule has 3 aromatic carbocycles. The van der Waals surface area contributed by atoms with Gasteiger partial charge >= 0.3 is 0 Å². The Morgan fingerprint density at radius 1 is 1.03 bits per heavy atom. The summed E-state index contributed by atoms with van der Waals surface area (Å²) in [6.45, 7) is 3.28. The van der Waals surface area contributed by atoms with Crippen molar-refractivity contribution in [1.29, 1.82) is 0 Å². The van der Waals surface area contributed by atoms with Gasteiger partial charge in [0.25, 0.3) is 11.7 Å². The molecular formula is C31H28FN3O4. The van der Waals surface area contributed by atoms with E-state index < -0.39 is 23.5 Å². The van der Waals surface area contributed by atoms with Crippen molar-refractivity contribution < 1.29 is 23.8 Å². The van der Waals surface area contributed by atoms with Crippen LogP contribution in [0.15, 0.2) is 97.1 Å². The molecule has 1 aliphatic rings. The number of aryl methyl sites for hydroxylation is 2. The third kappa shape index (κ3) is 5.75. The zero-order valence-electron chi connectivity index (χ0n) is 21.5. The molecule has 1 saturated heterocycles. The van der Waals surface area contributed by atoms with Gasteiger partial charge < -0.3 is 19.3 Å². The molecule has 0 spiro atoms. The predicted molar refractivity (Wildman–Crippen MR) is 144 cm³/mol. The van der Waals surface area contributed by atoms with Gasteiger partial charge in [-0.1, -0.05) is 42.0 Å². The molecule has 8 heteroatoms. The number of imidazole rings is 1. The number of amides is 1. The number of likely N-dealkylation sites (tertiary alicyclic amines) is 1. The number of ether oxygens (including phenoxy) is 1. The highest BCUT2D eigenvalue weighted by Crippen LogP contribution is 2.39. The quantitative estimate of drug-likeness (QED) is 0.179. The van der Waals surface area contributed by atoms with E-state index in [2.05, 4.69) is 4.98 Å². The molecule has 1 aliphatic heterocycles. The lowest BCUT2D eigenvalue weighted by molar-refractivity contribution is -0.139. The number of aromatic nitrogens is 2. The maximum absolute atomic E-state index is 13.7. The van der Waals surface area contributed by atoms with Gasteiger partial charge in [-0.25, -0.2) is 9.37 Å². The minimum atomic E-state index is -0.842. The summed E-state index contributed by atoms with van der Waals surface area (Å²) in [4.78, 5) is 31.8. The molecule has 4 aromatic rings. The number of hydrogen-bond acceptors (Lipinski definition) is 5. The van der Waals surface area contributed by atoms with Gasteiger partial charge in [0, 0.05) is 31.0 Å². The minimum absolute atomic E-state index is 0.0253. The molecule has 39 heavy (non-hydrogen) atoms. The van der Waals surface area contributed by atoms with Crippen molar-refractivity contribution in [3.63, 3.8) is 0 Å². The largest absolute Gasteiger partial charge is 0.507 e. The monoisotopic (exact) mass is 525 g/mol. The Morgan fingerprint density at radius 3 is 2.49 bits per heavy atom. The second-order valence-electron chi connectivity index (χ2n) is 9.50. The van der Waals surface area contributed by atoms with E-state index in [-0.39, 0.29) is 17.9 Å². The van der Waals surface area contributed by atoms with Crippen LogP contribution in [-0.2, 0) is 22.7 Å². The van der Waals surface area contributed by atoms with Gasteiger partial charge in [0.2, 0.25) is 0 Å². The van der Waals surface area contributed by atoms with Crippen LogP contribution in [0.4, 0.5) is 4.39 Å². The van der Waals surface area contributed by atoms with Crippen molar-refractivity contribution in [3.8, 4) is 5.75 Å². The third-order valence-corrected chi connectivity index (χ3v) is 6.72. The molecule has 2 heterocycles. The number of carbonyl (C=O) groups is 2. The van der Waals surface area contributed by atoms with Crippen LogP contribution in [-0.4, -0.2) is 37.8 Å². The Labute approximate surface area is 225 Å². The number of nitrogens with zero attached hydrogens (tertiary/aromatic N) is 3. The van der Waals surface area contributed by atoms with Crippen LogP contribution in [0.3, 0.4) is 0 Å². The van der Waals surface area contributed by atoms with E-state index in [4.69, 9.17) is 4.74 Å². The summed E-state index contributed by atoms with van der Waals surface area (Å²) in [6.07, 6.45) is 5.73. The number of benzene rings is 3. The smallest absolute Gasteiger partial charge is 0.295 e. The Hall–Kier alpha value is -4.72. The molecule has 1 atom stereocenters. The molecule has 1 aromatic heterocycles. The second-order valence-corrected chi connectivity index (χ2v) is 9.50. The van der Waals surface area contributed by atoms with Crippen molar-refractivity contribution in [2.75, 3.05) is 6.54 Å².